The number of carbonyl (C=O) groups excluding carboxylic acids is 1. The molecule has 1 atom stereocenters. The second kappa shape index (κ2) is 10.8. The van der Waals surface area contributed by atoms with Crippen LogP contribution < -0.4 is 4.74 Å². The van der Waals surface area contributed by atoms with Crippen LogP contribution in [0.3, 0.4) is 0 Å². The third-order valence-corrected chi connectivity index (χ3v) is 6.85. The van der Waals surface area contributed by atoms with Gasteiger partial charge in [-0.1, -0.05) is 60.7 Å². The van der Waals surface area contributed by atoms with Crippen LogP contribution in [0.2, 0.25) is 0 Å². The number of carbonyl (C=O) groups is 1. The number of hydrazone groups is 1. The van der Waals surface area contributed by atoms with Gasteiger partial charge in [-0.3, -0.25) is 14.6 Å². The number of benzene rings is 3. The maximum Gasteiger partial charge on any atom is 0.257 e. The van der Waals surface area contributed by atoms with E-state index in [0.29, 0.717) is 13.0 Å². The summed E-state index contributed by atoms with van der Waals surface area (Å²) in [5.41, 5.74) is 4.40. The van der Waals surface area contributed by atoms with Gasteiger partial charge in [0.05, 0.1) is 25.4 Å². The number of methoxy groups -OCH3 is 1. The van der Waals surface area contributed by atoms with E-state index in [0.717, 1.165) is 55.3 Å². The first kappa shape index (κ1) is 23.3. The topological polar surface area (TPSA) is 48.4 Å². The standard InChI is InChI=1S/C29H32N4O2/c1-35-26-14-12-24(13-15-26)27-20-28(25-10-6-3-7-11-25)33(30-27)29(34)22-32-18-16-31(17-19-32)21-23-8-4-2-5-9-23/h2-15,28H,16-22H2,1H3. The zero-order chi connectivity index (χ0) is 24.0. The van der Waals surface area contributed by atoms with Crippen molar-refractivity contribution in [1.29, 1.82) is 0 Å². The molecule has 0 radical (unpaired) electrons. The van der Waals surface area contributed by atoms with Crippen molar-refractivity contribution in [2.45, 2.75) is 19.0 Å². The SMILES string of the molecule is COc1ccc(C2=NN(C(=O)CN3CCN(Cc4ccccc4)CC3)C(c3ccccc3)C2)cc1. The lowest BCUT2D eigenvalue weighted by molar-refractivity contribution is -0.134. The molecule has 1 unspecified atom stereocenters. The van der Waals surface area contributed by atoms with Crippen LogP contribution in [0.15, 0.2) is 90.0 Å². The fourth-order valence-electron chi connectivity index (χ4n) is 4.84. The summed E-state index contributed by atoms with van der Waals surface area (Å²) in [6, 6.07) is 28.6. The highest BCUT2D eigenvalue weighted by molar-refractivity contribution is 6.03. The summed E-state index contributed by atoms with van der Waals surface area (Å²) in [6.07, 6.45) is 0.701. The molecule has 0 saturated carbocycles. The fourth-order valence-corrected chi connectivity index (χ4v) is 4.84. The highest BCUT2D eigenvalue weighted by Gasteiger charge is 2.34. The van der Waals surface area contributed by atoms with E-state index >= 15 is 0 Å². The van der Waals surface area contributed by atoms with Crippen molar-refractivity contribution >= 4 is 11.6 Å². The molecule has 1 amide bonds. The van der Waals surface area contributed by atoms with Crippen LogP contribution in [0.1, 0.15) is 29.2 Å². The molecule has 0 spiro atoms. The van der Waals surface area contributed by atoms with Crippen molar-refractivity contribution in [1.82, 2.24) is 14.8 Å². The molecule has 2 aliphatic rings. The number of hydrogen-bond acceptors (Lipinski definition) is 5. The molecule has 0 N–H and O–H groups in total. The molecule has 0 aliphatic carbocycles. The van der Waals surface area contributed by atoms with E-state index in [9.17, 15) is 4.79 Å². The molecule has 2 aliphatic heterocycles. The summed E-state index contributed by atoms with van der Waals surface area (Å²) in [4.78, 5) is 18.2. The lowest BCUT2D eigenvalue weighted by Gasteiger charge is -2.35. The van der Waals surface area contributed by atoms with E-state index in [1.165, 1.54) is 5.56 Å². The first-order valence-corrected chi connectivity index (χ1v) is 12.3. The Morgan fingerprint density at radius 1 is 0.857 bits per heavy atom. The van der Waals surface area contributed by atoms with E-state index in [4.69, 9.17) is 9.84 Å². The van der Waals surface area contributed by atoms with Gasteiger partial charge >= 0.3 is 0 Å². The van der Waals surface area contributed by atoms with E-state index in [2.05, 4.69) is 52.3 Å². The smallest absolute Gasteiger partial charge is 0.257 e. The van der Waals surface area contributed by atoms with Gasteiger partial charge in [-0.15, -0.1) is 0 Å². The summed E-state index contributed by atoms with van der Waals surface area (Å²) >= 11 is 0. The second-order valence-corrected chi connectivity index (χ2v) is 9.18. The molecule has 1 fully saturated rings. The molecule has 6 nitrogen and oxygen atoms in total. The van der Waals surface area contributed by atoms with Gasteiger partial charge in [0.25, 0.3) is 5.91 Å². The van der Waals surface area contributed by atoms with Gasteiger partial charge in [0.1, 0.15) is 5.75 Å². The van der Waals surface area contributed by atoms with Gasteiger partial charge in [0.15, 0.2) is 0 Å². The quantitative estimate of drug-likeness (QED) is 0.522. The largest absolute Gasteiger partial charge is 0.497 e. The maximum atomic E-state index is 13.5. The second-order valence-electron chi connectivity index (χ2n) is 9.18. The Kier molecular flexibility index (Phi) is 7.21. The van der Waals surface area contributed by atoms with Crippen LogP contribution in [0.4, 0.5) is 0 Å². The van der Waals surface area contributed by atoms with Crippen molar-refractivity contribution in [3.63, 3.8) is 0 Å². The highest BCUT2D eigenvalue weighted by atomic mass is 16.5. The average molecular weight is 469 g/mol. The van der Waals surface area contributed by atoms with Crippen LogP contribution >= 0.6 is 0 Å². The van der Waals surface area contributed by atoms with E-state index in [-0.39, 0.29) is 11.9 Å². The van der Waals surface area contributed by atoms with E-state index in [1.54, 1.807) is 12.1 Å². The zero-order valence-electron chi connectivity index (χ0n) is 20.2. The van der Waals surface area contributed by atoms with Crippen molar-refractivity contribution in [2.24, 2.45) is 5.10 Å². The molecule has 3 aromatic carbocycles. The number of amides is 1. The van der Waals surface area contributed by atoms with Gasteiger partial charge in [-0.2, -0.15) is 5.10 Å². The molecule has 5 rings (SSSR count). The fraction of sp³-hybridized carbons (Fsp3) is 0.310. The summed E-state index contributed by atoms with van der Waals surface area (Å²) in [6.45, 7) is 5.05. The third-order valence-electron chi connectivity index (χ3n) is 6.85. The Labute approximate surface area is 207 Å². The minimum atomic E-state index is -0.0832. The predicted octanol–water partition coefficient (Wildman–Crippen LogP) is 4.19. The molecule has 35 heavy (non-hydrogen) atoms. The maximum absolute atomic E-state index is 13.5. The Morgan fingerprint density at radius 3 is 2.14 bits per heavy atom. The summed E-state index contributed by atoms with van der Waals surface area (Å²) < 4.78 is 5.29. The number of hydrogen-bond donors (Lipinski definition) is 0. The minimum Gasteiger partial charge on any atom is -0.497 e. The zero-order valence-corrected chi connectivity index (χ0v) is 20.2. The van der Waals surface area contributed by atoms with Crippen LogP contribution in [0.5, 0.6) is 5.75 Å². The van der Waals surface area contributed by atoms with Crippen LogP contribution in [-0.4, -0.2) is 66.3 Å². The lowest BCUT2D eigenvalue weighted by Crippen LogP contribution is -2.49. The molecule has 2 heterocycles. The summed E-state index contributed by atoms with van der Waals surface area (Å²) in [5, 5.41) is 6.54. The normalized spacial score (nSPS) is 18.9. The monoisotopic (exact) mass is 468 g/mol. The van der Waals surface area contributed by atoms with E-state index < -0.39 is 0 Å². The number of rotatable bonds is 7. The molecular formula is C29H32N4O2. The average Bonchev–Trinajstić information content (AvgIpc) is 3.37. The molecule has 6 heteroatoms. The van der Waals surface area contributed by atoms with E-state index in [1.807, 2.05) is 42.5 Å². The van der Waals surface area contributed by atoms with Gasteiger partial charge in [0, 0.05) is 39.1 Å². The van der Waals surface area contributed by atoms with Crippen molar-refractivity contribution in [2.75, 3.05) is 39.8 Å². The molecule has 1 saturated heterocycles. The van der Waals surface area contributed by atoms with Crippen molar-refractivity contribution < 1.29 is 9.53 Å². The molecule has 3 aromatic rings. The van der Waals surface area contributed by atoms with Gasteiger partial charge in [-0.25, -0.2) is 5.01 Å². The number of ether oxygens (including phenoxy) is 1. The first-order chi connectivity index (χ1) is 17.2. The summed E-state index contributed by atoms with van der Waals surface area (Å²) in [5.74, 6) is 0.866. The van der Waals surface area contributed by atoms with Gasteiger partial charge < -0.3 is 4.74 Å². The summed E-state index contributed by atoms with van der Waals surface area (Å²) in [7, 11) is 1.66. The Balaban J connectivity index is 1.25. The van der Waals surface area contributed by atoms with Crippen LogP contribution in [0.25, 0.3) is 0 Å². The molecule has 0 bridgehead atoms. The molecular weight excluding hydrogens is 436 g/mol. The Bertz CT molecular complexity index is 1140. The van der Waals surface area contributed by atoms with Crippen molar-refractivity contribution in [3.05, 3.63) is 102 Å². The number of nitrogens with zero attached hydrogens (tertiary/aromatic N) is 4. The van der Waals surface area contributed by atoms with Crippen LogP contribution in [-0.2, 0) is 11.3 Å². The Morgan fingerprint density at radius 2 is 1.49 bits per heavy atom. The van der Waals surface area contributed by atoms with Crippen molar-refractivity contribution in [3.8, 4) is 5.75 Å². The van der Waals surface area contributed by atoms with Crippen LogP contribution in [0, 0.1) is 0 Å². The molecule has 180 valence electrons. The molecule has 0 aromatic heterocycles. The predicted molar refractivity (Wildman–Crippen MR) is 138 cm³/mol. The minimum absolute atomic E-state index is 0.0545. The van der Waals surface area contributed by atoms with Gasteiger partial charge in [-0.05, 0) is 41.0 Å². The van der Waals surface area contributed by atoms with Gasteiger partial charge in [0.2, 0.25) is 0 Å². The Hall–Kier alpha value is -3.48. The number of piperazine rings is 1. The lowest BCUT2D eigenvalue weighted by atomic mass is 9.98. The highest BCUT2D eigenvalue weighted by Crippen LogP contribution is 2.33. The third kappa shape index (κ3) is 5.61. The first-order valence-electron chi connectivity index (χ1n) is 12.3.